The molecule has 78 valence electrons. The molecule has 0 aliphatic rings. The van der Waals surface area contributed by atoms with Crippen LogP contribution in [0.25, 0.3) is 0 Å². The Balaban J connectivity index is 2.05. The van der Waals surface area contributed by atoms with Crippen molar-refractivity contribution in [2.24, 2.45) is 0 Å². The summed E-state index contributed by atoms with van der Waals surface area (Å²) in [6.45, 7) is 2.44. The van der Waals surface area contributed by atoms with E-state index in [2.05, 4.69) is 10.2 Å². The summed E-state index contributed by atoms with van der Waals surface area (Å²) in [5, 5.41) is 6.74. The minimum atomic E-state index is 0.467. The molecule has 15 heavy (non-hydrogen) atoms. The maximum atomic E-state index is 5.65. The number of nitrogens with one attached hydrogen (secondary N) is 1. The number of aryl methyl sites for hydroxylation is 1. The number of aromatic amines is 1. The lowest BCUT2D eigenvalue weighted by atomic mass is 10.2. The fraction of sp³-hybridized carbons (Fsp3) is 0.182. The van der Waals surface area contributed by atoms with Gasteiger partial charge in [-0.1, -0.05) is 0 Å². The van der Waals surface area contributed by atoms with E-state index in [0.717, 1.165) is 22.7 Å². The predicted octanol–water partition coefficient (Wildman–Crippen LogP) is 1.88. The van der Waals surface area contributed by atoms with Gasteiger partial charge < -0.3 is 10.5 Å². The number of ether oxygens (including phenoxy) is 1. The van der Waals surface area contributed by atoms with E-state index in [4.69, 9.17) is 10.5 Å². The standard InChI is InChI=1S/C11H13N3O/c1-8-6-9(12)2-3-11(8)15-7-10-4-5-13-14-10/h2-6H,7,12H2,1H3,(H,13,14). The van der Waals surface area contributed by atoms with Crippen LogP contribution in [-0.4, -0.2) is 10.2 Å². The molecule has 0 unspecified atom stereocenters. The Morgan fingerprint density at radius 1 is 1.40 bits per heavy atom. The van der Waals surface area contributed by atoms with Gasteiger partial charge in [-0.3, -0.25) is 5.10 Å². The summed E-state index contributed by atoms with van der Waals surface area (Å²) in [5.41, 5.74) is 8.31. The number of benzene rings is 1. The first-order valence-electron chi connectivity index (χ1n) is 4.73. The first-order chi connectivity index (χ1) is 7.25. The van der Waals surface area contributed by atoms with Gasteiger partial charge in [0, 0.05) is 11.9 Å². The van der Waals surface area contributed by atoms with Crippen LogP contribution >= 0.6 is 0 Å². The van der Waals surface area contributed by atoms with Gasteiger partial charge in [0.15, 0.2) is 0 Å². The molecule has 0 atom stereocenters. The highest BCUT2D eigenvalue weighted by Gasteiger charge is 2.01. The molecule has 0 amide bonds. The van der Waals surface area contributed by atoms with Crippen molar-refractivity contribution < 1.29 is 4.74 Å². The summed E-state index contributed by atoms with van der Waals surface area (Å²) in [6.07, 6.45) is 1.77. The minimum Gasteiger partial charge on any atom is -0.487 e. The third-order valence-electron chi connectivity index (χ3n) is 2.13. The highest BCUT2D eigenvalue weighted by Crippen LogP contribution is 2.20. The minimum absolute atomic E-state index is 0.467. The zero-order chi connectivity index (χ0) is 10.7. The van der Waals surface area contributed by atoms with E-state index < -0.39 is 0 Å². The largest absolute Gasteiger partial charge is 0.487 e. The highest BCUT2D eigenvalue weighted by molar-refractivity contribution is 5.47. The Morgan fingerprint density at radius 2 is 2.27 bits per heavy atom. The molecule has 0 bridgehead atoms. The lowest BCUT2D eigenvalue weighted by Crippen LogP contribution is -1.98. The van der Waals surface area contributed by atoms with Crippen LogP contribution in [-0.2, 0) is 6.61 Å². The molecule has 0 aliphatic carbocycles. The number of hydrogen-bond donors (Lipinski definition) is 2. The summed E-state index contributed by atoms with van der Waals surface area (Å²) in [5.74, 6) is 0.840. The second-order valence-electron chi connectivity index (χ2n) is 3.38. The molecule has 2 rings (SSSR count). The number of hydrogen-bond acceptors (Lipinski definition) is 3. The SMILES string of the molecule is Cc1cc(N)ccc1OCc1cc[nH]n1. The lowest BCUT2D eigenvalue weighted by molar-refractivity contribution is 0.299. The van der Waals surface area contributed by atoms with Gasteiger partial charge in [0.05, 0.1) is 5.69 Å². The van der Waals surface area contributed by atoms with Crippen molar-refractivity contribution in [3.05, 3.63) is 41.7 Å². The maximum absolute atomic E-state index is 5.65. The summed E-state index contributed by atoms with van der Waals surface area (Å²) in [4.78, 5) is 0. The molecule has 0 saturated carbocycles. The van der Waals surface area contributed by atoms with Crippen LogP contribution in [0, 0.1) is 6.92 Å². The molecule has 0 saturated heterocycles. The normalized spacial score (nSPS) is 10.2. The van der Waals surface area contributed by atoms with Crippen molar-refractivity contribution in [2.45, 2.75) is 13.5 Å². The van der Waals surface area contributed by atoms with Gasteiger partial charge in [-0.25, -0.2) is 0 Å². The van der Waals surface area contributed by atoms with Crippen molar-refractivity contribution in [2.75, 3.05) is 5.73 Å². The molecule has 2 aromatic rings. The molecular weight excluding hydrogens is 190 g/mol. The van der Waals surface area contributed by atoms with E-state index >= 15 is 0 Å². The summed E-state index contributed by atoms with van der Waals surface area (Å²) in [7, 11) is 0. The van der Waals surface area contributed by atoms with Crippen LogP contribution in [0.15, 0.2) is 30.5 Å². The maximum Gasteiger partial charge on any atom is 0.132 e. The average Bonchev–Trinajstić information content (AvgIpc) is 2.69. The third kappa shape index (κ3) is 2.28. The van der Waals surface area contributed by atoms with Crippen LogP contribution in [0.3, 0.4) is 0 Å². The molecular formula is C11H13N3O. The average molecular weight is 203 g/mol. The Labute approximate surface area is 88.1 Å². The topological polar surface area (TPSA) is 63.9 Å². The summed E-state index contributed by atoms with van der Waals surface area (Å²) >= 11 is 0. The van der Waals surface area contributed by atoms with Crippen molar-refractivity contribution in [3.63, 3.8) is 0 Å². The fourth-order valence-electron chi connectivity index (χ4n) is 1.36. The Kier molecular flexibility index (Phi) is 2.58. The van der Waals surface area contributed by atoms with E-state index in [0.29, 0.717) is 6.61 Å². The first kappa shape index (κ1) is 9.58. The smallest absolute Gasteiger partial charge is 0.132 e. The van der Waals surface area contributed by atoms with Crippen molar-refractivity contribution >= 4 is 5.69 Å². The molecule has 1 heterocycles. The second kappa shape index (κ2) is 4.04. The molecule has 0 spiro atoms. The molecule has 4 heteroatoms. The van der Waals surface area contributed by atoms with Crippen LogP contribution in [0.5, 0.6) is 5.75 Å². The van der Waals surface area contributed by atoms with Gasteiger partial charge >= 0.3 is 0 Å². The number of anilines is 1. The van der Waals surface area contributed by atoms with Crippen LogP contribution in [0.1, 0.15) is 11.3 Å². The van der Waals surface area contributed by atoms with Gasteiger partial charge in [0.1, 0.15) is 12.4 Å². The van der Waals surface area contributed by atoms with Gasteiger partial charge in [0.25, 0.3) is 0 Å². The van der Waals surface area contributed by atoms with E-state index in [1.54, 1.807) is 6.20 Å². The van der Waals surface area contributed by atoms with Crippen LogP contribution in [0.2, 0.25) is 0 Å². The summed E-state index contributed by atoms with van der Waals surface area (Å²) in [6, 6.07) is 7.47. The molecule has 4 nitrogen and oxygen atoms in total. The number of H-pyrrole nitrogens is 1. The van der Waals surface area contributed by atoms with E-state index in [9.17, 15) is 0 Å². The molecule has 1 aromatic carbocycles. The van der Waals surface area contributed by atoms with E-state index in [1.165, 1.54) is 0 Å². The fourth-order valence-corrected chi connectivity index (χ4v) is 1.36. The monoisotopic (exact) mass is 203 g/mol. The molecule has 0 radical (unpaired) electrons. The van der Waals surface area contributed by atoms with E-state index in [1.807, 2.05) is 31.2 Å². The van der Waals surface area contributed by atoms with Crippen molar-refractivity contribution in [3.8, 4) is 5.75 Å². The number of nitrogens with two attached hydrogens (primary N) is 1. The Hall–Kier alpha value is -1.97. The number of nitrogens with zero attached hydrogens (tertiary/aromatic N) is 1. The van der Waals surface area contributed by atoms with Gasteiger partial charge in [0.2, 0.25) is 0 Å². The first-order valence-corrected chi connectivity index (χ1v) is 4.73. The summed E-state index contributed by atoms with van der Waals surface area (Å²) < 4.78 is 5.60. The van der Waals surface area contributed by atoms with Crippen LogP contribution in [0.4, 0.5) is 5.69 Å². The van der Waals surface area contributed by atoms with Crippen molar-refractivity contribution in [1.82, 2.24) is 10.2 Å². The van der Waals surface area contributed by atoms with Gasteiger partial charge in [-0.2, -0.15) is 5.10 Å². The van der Waals surface area contributed by atoms with Gasteiger partial charge in [-0.05, 0) is 36.8 Å². The van der Waals surface area contributed by atoms with Crippen LogP contribution < -0.4 is 10.5 Å². The van der Waals surface area contributed by atoms with Gasteiger partial charge in [-0.15, -0.1) is 0 Å². The molecule has 0 aliphatic heterocycles. The zero-order valence-electron chi connectivity index (χ0n) is 8.53. The van der Waals surface area contributed by atoms with E-state index in [-0.39, 0.29) is 0 Å². The third-order valence-corrected chi connectivity index (χ3v) is 2.13. The number of nitrogen functional groups attached to an aromatic ring is 1. The Bertz CT molecular complexity index is 437. The molecule has 3 N–H and O–H groups in total. The second-order valence-corrected chi connectivity index (χ2v) is 3.38. The molecule has 0 fully saturated rings. The predicted molar refractivity (Wildman–Crippen MR) is 58.5 cm³/mol. The highest BCUT2D eigenvalue weighted by atomic mass is 16.5. The zero-order valence-corrected chi connectivity index (χ0v) is 8.53. The quantitative estimate of drug-likeness (QED) is 0.748. The molecule has 1 aromatic heterocycles. The van der Waals surface area contributed by atoms with Crippen molar-refractivity contribution in [1.29, 1.82) is 0 Å². The lowest BCUT2D eigenvalue weighted by Gasteiger charge is -2.07. The number of rotatable bonds is 3. The Morgan fingerprint density at radius 3 is 2.93 bits per heavy atom. The number of aromatic nitrogens is 2.